The van der Waals surface area contributed by atoms with Crippen molar-refractivity contribution in [1.29, 1.82) is 0 Å². The Bertz CT molecular complexity index is 1110. The second kappa shape index (κ2) is 10.1. The van der Waals surface area contributed by atoms with Crippen LogP contribution in [0.15, 0.2) is 84.9 Å². The van der Waals surface area contributed by atoms with Gasteiger partial charge < -0.3 is 4.98 Å². The first-order valence-electron chi connectivity index (χ1n) is 10.4. The number of nitrogens with zero attached hydrogens (tertiary/aromatic N) is 2. The van der Waals surface area contributed by atoms with E-state index in [0.717, 1.165) is 40.3 Å². The van der Waals surface area contributed by atoms with E-state index < -0.39 is 0 Å². The van der Waals surface area contributed by atoms with E-state index in [2.05, 4.69) is 75.4 Å². The summed E-state index contributed by atoms with van der Waals surface area (Å²) in [4.78, 5) is 9.91. The molecule has 0 spiro atoms. The number of benzene rings is 2. The smallest absolute Gasteiger partial charge is 0.0486 e. The average molecular weight is 583 g/mol. The Hall–Kier alpha value is -2.61. The van der Waals surface area contributed by atoms with Crippen molar-refractivity contribution in [1.82, 2.24) is 9.97 Å². The third kappa shape index (κ3) is 5.36. The summed E-state index contributed by atoms with van der Waals surface area (Å²) >= 11 is 0. The summed E-state index contributed by atoms with van der Waals surface area (Å²) in [6, 6.07) is 35.3. The van der Waals surface area contributed by atoms with Gasteiger partial charge in [0.15, 0.2) is 0 Å². The fraction of sp³-hybridized carbons (Fsp3) is 0.214. The van der Waals surface area contributed by atoms with Crippen LogP contribution in [0.4, 0.5) is 0 Å². The van der Waals surface area contributed by atoms with Crippen LogP contribution in [0.1, 0.15) is 49.3 Å². The van der Waals surface area contributed by atoms with E-state index in [1.54, 1.807) is 0 Å². The van der Waals surface area contributed by atoms with Crippen molar-refractivity contribution in [2.24, 2.45) is 0 Å². The van der Waals surface area contributed by atoms with Gasteiger partial charge in [-0.05, 0) is 30.3 Å². The molecule has 1 unspecified atom stereocenters. The largest absolute Gasteiger partial charge is 0.301 e. The topological polar surface area (TPSA) is 25.8 Å². The van der Waals surface area contributed by atoms with Crippen LogP contribution in [0.5, 0.6) is 0 Å². The molecule has 1 atom stereocenters. The molecule has 0 aliphatic carbocycles. The molecule has 2 nitrogen and oxygen atoms in total. The van der Waals surface area contributed by atoms with E-state index in [4.69, 9.17) is 9.97 Å². The molecule has 0 aliphatic rings. The zero-order valence-corrected chi connectivity index (χ0v) is 20.5. The van der Waals surface area contributed by atoms with Gasteiger partial charge in [0.05, 0.1) is 0 Å². The van der Waals surface area contributed by atoms with Gasteiger partial charge in [-0.25, -0.2) is 0 Å². The maximum Gasteiger partial charge on any atom is 0.0486 e. The Morgan fingerprint density at radius 1 is 0.806 bits per heavy atom. The molecule has 0 fully saturated rings. The molecule has 1 radical (unpaired) electrons. The molecule has 0 aliphatic heterocycles. The minimum absolute atomic E-state index is 0. The van der Waals surface area contributed by atoms with Crippen LogP contribution in [0, 0.1) is 12.1 Å². The summed E-state index contributed by atoms with van der Waals surface area (Å²) in [5, 5.41) is 0. The normalized spacial score (nSPS) is 12.1. The van der Waals surface area contributed by atoms with Crippen molar-refractivity contribution in [2.75, 3.05) is 0 Å². The summed E-state index contributed by atoms with van der Waals surface area (Å²) in [5.41, 5.74) is 6.16. The second-order valence-corrected chi connectivity index (χ2v) is 8.24. The van der Waals surface area contributed by atoms with Crippen molar-refractivity contribution in [3.05, 3.63) is 120 Å². The molecule has 4 rings (SSSR count). The fourth-order valence-electron chi connectivity index (χ4n) is 3.71. The predicted octanol–water partition coefficient (Wildman–Crippen LogP) is 6.41. The van der Waals surface area contributed by atoms with Crippen molar-refractivity contribution in [3.63, 3.8) is 0 Å². The summed E-state index contributed by atoms with van der Waals surface area (Å²) in [6.45, 7) is 6.63. The first-order chi connectivity index (χ1) is 14.5. The maximum absolute atomic E-state index is 5.04. The van der Waals surface area contributed by atoms with Crippen LogP contribution in [-0.4, -0.2) is 9.97 Å². The van der Waals surface area contributed by atoms with Crippen molar-refractivity contribution < 1.29 is 20.1 Å². The molecule has 0 bridgehead atoms. The van der Waals surface area contributed by atoms with Crippen LogP contribution >= 0.6 is 0 Å². The standard InChI is InChI=1S/C28H26N2.Ir/c1-21(20-24-16-10-18-26(29-24)22-12-6-4-7-13-22)25-17-11-19-27(30-25)28(2,3)23-14-8-5-9-15-23;/h4-12,14,16-19,21H,20H2,1-3H3;/q-2;. The molecule has 0 saturated heterocycles. The maximum atomic E-state index is 5.04. The van der Waals surface area contributed by atoms with Gasteiger partial charge in [0, 0.05) is 48.5 Å². The molecule has 2 heterocycles. The summed E-state index contributed by atoms with van der Waals surface area (Å²) in [6.07, 6.45) is 0.842. The van der Waals surface area contributed by atoms with Crippen LogP contribution in [0.2, 0.25) is 0 Å². The molecule has 2 aromatic heterocycles. The number of hydrogen-bond donors (Lipinski definition) is 0. The van der Waals surface area contributed by atoms with Crippen molar-refractivity contribution in [2.45, 2.75) is 38.5 Å². The average Bonchev–Trinajstić information content (AvgIpc) is 2.80. The first-order valence-corrected chi connectivity index (χ1v) is 10.4. The van der Waals surface area contributed by atoms with Crippen molar-refractivity contribution in [3.8, 4) is 11.3 Å². The van der Waals surface area contributed by atoms with Crippen LogP contribution in [-0.2, 0) is 31.9 Å². The van der Waals surface area contributed by atoms with Crippen LogP contribution < -0.4 is 0 Å². The first kappa shape index (κ1) is 23.1. The Labute approximate surface area is 199 Å². The van der Waals surface area contributed by atoms with Gasteiger partial charge >= 0.3 is 0 Å². The van der Waals surface area contributed by atoms with Gasteiger partial charge in [-0.2, -0.15) is 35.9 Å². The molecule has 2 aromatic carbocycles. The molecule has 31 heavy (non-hydrogen) atoms. The zero-order chi connectivity index (χ0) is 21.0. The Morgan fingerprint density at radius 3 is 2.26 bits per heavy atom. The predicted molar refractivity (Wildman–Crippen MR) is 122 cm³/mol. The minimum Gasteiger partial charge on any atom is -0.301 e. The summed E-state index contributed by atoms with van der Waals surface area (Å²) in [7, 11) is 0. The molecular weight excluding hydrogens is 557 g/mol. The third-order valence-electron chi connectivity index (χ3n) is 5.61. The van der Waals surface area contributed by atoms with E-state index in [1.807, 2.05) is 42.5 Å². The van der Waals surface area contributed by atoms with E-state index in [9.17, 15) is 0 Å². The van der Waals surface area contributed by atoms with Gasteiger partial charge in [-0.1, -0.05) is 39.0 Å². The Balaban J connectivity index is 0.00000272. The van der Waals surface area contributed by atoms with Gasteiger partial charge in [0.25, 0.3) is 0 Å². The molecule has 159 valence electrons. The molecule has 3 heteroatoms. The number of aromatic nitrogens is 2. The monoisotopic (exact) mass is 583 g/mol. The SMILES string of the molecule is CC(Cc1cccc(-c2[c-]cccc2)n1)c1cccc(C(C)(C)c2[c-]cccc2)n1.[Ir]. The van der Waals surface area contributed by atoms with Gasteiger partial charge in [-0.15, -0.1) is 35.9 Å². The number of hydrogen-bond acceptors (Lipinski definition) is 2. The zero-order valence-electron chi connectivity index (χ0n) is 18.1. The molecule has 0 amide bonds. The quantitative estimate of drug-likeness (QED) is 0.246. The third-order valence-corrected chi connectivity index (χ3v) is 5.61. The van der Waals surface area contributed by atoms with Crippen molar-refractivity contribution >= 4 is 0 Å². The molecule has 0 saturated carbocycles. The second-order valence-electron chi connectivity index (χ2n) is 8.24. The molecule has 4 aromatic rings. The van der Waals surface area contributed by atoms with E-state index in [1.165, 1.54) is 0 Å². The van der Waals surface area contributed by atoms with Crippen LogP contribution in [0.3, 0.4) is 0 Å². The number of rotatable bonds is 6. The molecule has 0 N–H and O–H groups in total. The van der Waals surface area contributed by atoms with Crippen LogP contribution in [0.25, 0.3) is 11.3 Å². The molecular formula is C28H26IrN2-2. The Morgan fingerprint density at radius 2 is 1.55 bits per heavy atom. The minimum atomic E-state index is -0.196. The van der Waals surface area contributed by atoms with Gasteiger partial charge in [0.1, 0.15) is 0 Å². The summed E-state index contributed by atoms with van der Waals surface area (Å²) in [5.74, 6) is 0.267. The van der Waals surface area contributed by atoms with E-state index in [-0.39, 0.29) is 31.4 Å². The van der Waals surface area contributed by atoms with Gasteiger partial charge in [0.2, 0.25) is 0 Å². The summed E-state index contributed by atoms with van der Waals surface area (Å²) < 4.78 is 0. The Kier molecular flexibility index (Phi) is 7.54. The number of pyridine rings is 2. The van der Waals surface area contributed by atoms with E-state index in [0.29, 0.717) is 0 Å². The van der Waals surface area contributed by atoms with E-state index >= 15 is 0 Å². The fourth-order valence-corrected chi connectivity index (χ4v) is 3.71. The van der Waals surface area contributed by atoms with Gasteiger partial charge in [-0.3, -0.25) is 4.98 Å².